The summed E-state index contributed by atoms with van der Waals surface area (Å²) in [6, 6.07) is 10.8. The van der Waals surface area contributed by atoms with Crippen molar-refractivity contribution in [1.82, 2.24) is 5.32 Å². The fourth-order valence-corrected chi connectivity index (χ4v) is 3.01. The molecule has 1 unspecified atom stereocenters. The molecular weight excluding hydrogens is 336 g/mol. The summed E-state index contributed by atoms with van der Waals surface area (Å²) < 4.78 is 27.2. The molecular formula is C17H18BrF2N. The van der Waals surface area contributed by atoms with Gasteiger partial charge in [-0.25, -0.2) is 8.78 Å². The van der Waals surface area contributed by atoms with Crippen LogP contribution in [0.2, 0.25) is 0 Å². The first-order chi connectivity index (χ1) is 10.0. The average molecular weight is 354 g/mol. The Kier molecular flexibility index (Phi) is 5.48. The summed E-state index contributed by atoms with van der Waals surface area (Å²) in [7, 11) is 0. The molecule has 0 spiro atoms. The minimum atomic E-state index is -0.836. The van der Waals surface area contributed by atoms with E-state index in [-0.39, 0.29) is 10.5 Å². The highest BCUT2D eigenvalue weighted by Gasteiger charge is 2.19. The molecule has 2 aromatic carbocycles. The number of benzene rings is 2. The molecule has 0 aromatic heterocycles. The van der Waals surface area contributed by atoms with Gasteiger partial charge in [0.1, 0.15) is 0 Å². The van der Waals surface area contributed by atoms with Crippen molar-refractivity contribution >= 4 is 15.9 Å². The van der Waals surface area contributed by atoms with Crippen LogP contribution in [0.25, 0.3) is 0 Å². The zero-order valence-electron chi connectivity index (χ0n) is 12.1. The van der Waals surface area contributed by atoms with Crippen LogP contribution >= 0.6 is 15.9 Å². The zero-order valence-corrected chi connectivity index (χ0v) is 13.7. The van der Waals surface area contributed by atoms with Gasteiger partial charge in [-0.05, 0) is 58.6 Å². The van der Waals surface area contributed by atoms with Crippen molar-refractivity contribution in [2.75, 3.05) is 6.54 Å². The van der Waals surface area contributed by atoms with Gasteiger partial charge in [-0.15, -0.1) is 0 Å². The van der Waals surface area contributed by atoms with E-state index in [0.717, 1.165) is 18.5 Å². The van der Waals surface area contributed by atoms with E-state index >= 15 is 0 Å². The minimum Gasteiger partial charge on any atom is -0.310 e. The summed E-state index contributed by atoms with van der Waals surface area (Å²) in [6.07, 6.45) is 0.726. The lowest BCUT2D eigenvalue weighted by Crippen LogP contribution is -2.24. The maximum absolute atomic E-state index is 13.8. The first-order valence-electron chi connectivity index (χ1n) is 6.95. The van der Waals surface area contributed by atoms with Gasteiger partial charge in [-0.3, -0.25) is 0 Å². The highest BCUT2D eigenvalue weighted by atomic mass is 79.9. The molecule has 2 aromatic rings. The lowest BCUT2D eigenvalue weighted by atomic mass is 9.96. The topological polar surface area (TPSA) is 12.0 Å². The normalized spacial score (nSPS) is 12.4. The van der Waals surface area contributed by atoms with E-state index < -0.39 is 11.6 Å². The molecule has 1 N–H and O–H groups in total. The van der Waals surface area contributed by atoms with Crippen LogP contribution in [-0.4, -0.2) is 6.54 Å². The minimum absolute atomic E-state index is 0.0689. The number of nitrogens with one attached hydrogen (secondary N) is 1. The molecule has 4 heteroatoms. The number of likely N-dealkylation sites (N-methyl/N-ethyl adjacent to an activating group) is 1. The van der Waals surface area contributed by atoms with Crippen molar-refractivity contribution in [3.63, 3.8) is 0 Å². The largest absolute Gasteiger partial charge is 0.310 e. The second-order valence-electron chi connectivity index (χ2n) is 5.01. The monoisotopic (exact) mass is 353 g/mol. The zero-order chi connectivity index (χ0) is 15.4. The Hall–Kier alpha value is -1.26. The van der Waals surface area contributed by atoms with E-state index in [1.807, 2.05) is 19.1 Å². The molecule has 1 nitrogen and oxygen atoms in total. The molecule has 112 valence electrons. The maximum Gasteiger partial charge on any atom is 0.173 e. The number of hydrogen-bond donors (Lipinski definition) is 1. The Bertz CT molecular complexity index is 628. The van der Waals surface area contributed by atoms with Crippen molar-refractivity contribution in [2.24, 2.45) is 0 Å². The van der Waals surface area contributed by atoms with Crippen LogP contribution in [-0.2, 0) is 6.42 Å². The highest BCUT2D eigenvalue weighted by Crippen LogP contribution is 2.30. The molecule has 0 bridgehead atoms. The van der Waals surface area contributed by atoms with E-state index in [2.05, 4.69) is 40.3 Å². The van der Waals surface area contributed by atoms with Crippen molar-refractivity contribution in [3.05, 3.63) is 69.2 Å². The van der Waals surface area contributed by atoms with Gasteiger partial charge in [0.15, 0.2) is 11.6 Å². The Balaban J connectivity index is 2.36. The van der Waals surface area contributed by atoms with Gasteiger partial charge in [0.2, 0.25) is 0 Å². The standard InChI is InChI=1S/C17H18BrF2N/c1-3-21-15(10-12-7-5-4-6-11(12)2)13-8-9-14(19)17(20)16(13)18/h4-9,15,21H,3,10H2,1-2H3. The third-order valence-electron chi connectivity index (χ3n) is 3.58. The molecule has 0 saturated heterocycles. The molecule has 0 aliphatic heterocycles. The summed E-state index contributed by atoms with van der Waals surface area (Å²) in [4.78, 5) is 0. The number of halogens is 3. The van der Waals surface area contributed by atoms with Crippen LogP contribution < -0.4 is 5.32 Å². The van der Waals surface area contributed by atoms with E-state index in [9.17, 15) is 8.78 Å². The van der Waals surface area contributed by atoms with Crippen LogP contribution in [0.15, 0.2) is 40.9 Å². The van der Waals surface area contributed by atoms with Gasteiger partial charge in [-0.2, -0.15) is 0 Å². The molecule has 2 rings (SSSR count). The second-order valence-corrected chi connectivity index (χ2v) is 5.80. The Morgan fingerprint density at radius 1 is 1.14 bits per heavy atom. The number of hydrogen-bond acceptors (Lipinski definition) is 1. The summed E-state index contributed by atoms with van der Waals surface area (Å²) in [5, 5.41) is 3.34. The first kappa shape index (κ1) is 16.1. The number of aryl methyl sites for hydroxylation is 1. The Morgan fingerprint density at radius 2 is 1.86 bits per heavy atom. The van der Waals surface area contributed by atoms with Crippen LogP contribution in [0.5, 0.6) is 0 Å². The Labute approximate surface area is 132 Å². The summed E-state index contributed by atoms with van der Waals surface area (Å²) >= 11 is 3.18. The van der Waals surface area contributed by atoms with Crippen molar-refractivity contribution in [1.29, 1.82) is 0 Å². The van der Waals surface area contributed by atoms with Crippen LogP contribution in [0.3, 0.4) is 0 Å². The van der Waals surface area contributed by atoms with Crippen LogP contribution in [0.4, 0.5) is 8.78 Å². The third kappa shape index (κ3) is 3.69. The van der Waals surface area contributed by atoms with Gasteiger partial charge in [0, 0.05) is 6.04 Å². The van der Waals surface area contributed by atoms with Gasteiger partial charge < -0.3 is 5.32 Å². The molecule has 0 aliphatic rings. The van der Waals surface area contributed by atoms with Gasteiger partial charge >= 0.3 is 0 Å². The van der Waals surface area contributed by atoms with Gasteiger partial charge in [0.05, 0.1) is 4.47 Å². The fourth-order valence-electron chi connectivity index (χ4n) is 2.41. The van der Waals surface area contributed by atoms with Crippen LogP contribution in [0.1, 0.15) is 29.7 Å². The predicted octanol–water partition coefficient (Wildman–Crippen LogP) is 4.93. The first-order valence-corrected chi connectivity index (χ1v) is 7.75. The maximum atomic E-state index is 13.8. The molecule has 0 aliphatic carbocycles. The van der Waals surface area contributed by atoms with Crippen molar-refractivity contribution < 1.29 is 8.78 Å². The SMILES string of the molecule is CCNC(Cc1ccccc1C)c1ccc(F)c(F)c1Br. The average Bonchev–Trinajstić information content (AvgIpc) is 2.47. The van der Waals surface area contributed by atoms with E-state index in [1.54, 1.807) is 6.07 Å². The fraction of sp³-hybridized carbons (Fsp3) is 0.294. The van der Waals surface area contributed by atoms with Crippen molar-refractivity contribution in [3.8, 4) is 0 Å². The molecule has 0 amide bonds. The lowest BCUT2D eigenvalue weighted by molar-refractivity contribution is 0.491. The van der Waals surface area contributed by atoms with E-state index in [0.29, 0.717) is 0 Å². The molecule has 0 saturated carbocycles. The lowest BCUT2D eigenvalue weighted by Gasteiger charge is -2.21. The van der Waals surface area contributed by atoms with Crippen LogP contribution in [0, 0.1) is 18.6 Å². The number of rotatable bonds is 5. The predicted molar refractivity (Wildman–Crippen MR) is 85.4 cm³/mol. The summed E-state index contributed by atoms with van der Waals surface area (Å²) in [5.74, 6) is -1.67. The van der Waals surface area contributed by atoms with Crippen molar-refractivity contribution in [2.45, 2.75) is 26.3 Å². The molecule has 0 fully saturated rings. The highest BCUT2D eigenvalue weighted by molar-refractivity contribution is 9.10. The van der Waals surface area contributed by atoms with Gasteiger partial charge in [-0.1, -0.05) is 37.3 Å². The molecule has 21 heavy (non-hydrogen) atoms. The van der Waals surface area contributed by atoms with E-state index in [4.69, 9.17) is 0 Å². The third-order valence-corrected chi connectivity index (χ3v) is 4.38. The summed E-state index contributed by atoms with van der Waals surface area (Å²) in [6.45, 7) is 4.80. The quantitative estimate of drug-likeness (QED) is 0.751. The van der Waals surface area contributed by atoms with E-state index in [1.165, 1.54) is 17.2 Å². The molecule has 0 heterocycles. The Morgan fingerprint density at radius 3 is 2.52 bits per heavy atom. The second kappa shape index (κ2) is 7.14. The smallest absolute Gasteiger partial charge is 0.173 e. The molecule has 0 radical (unpaired) electrons. The molecule has 1 atom stereocenters. The van der Waals surface area contributed by atoms with Gasteiger partial charge in [0.25, 0.3) is 0 Å². The summed E-state index contributed by atoms with van der Waals surface area (Å²) in [5.41, 5.74) is 3.12.